The van der Waals surface area contributed by atoms with Crippen LogP contribution in [0.15, 0.2) is 42.0 Å². The molecule has 1 saturated heterocycles. The van der Waals surface area contributed by atoms with Gasteiger partial charge in [0.1, 0.15) is 18.0 Å². The number of benzene rings is 2. The van der Waals surface area contributed by atoms with Crippen LogP contribution in [0.4, 0.5) is 14.9 Å². The lowest BCUT2D eigenvalue weighted by atomic mass is 10.1. The van der Waals surface area contributed by atoms with Gasteiger partial charge >= 0.3 is 6.03 Å². The molecule has 0 atom stereocenters. The molecule has 7 nitrogen and oxygen atoms in total. The summed E-state index contributed by atoms with van der Waals surface area (Å²) in [7, 11) is 1.43. The van der Waals surface area contributed by atoms with Crippen LogP contribution in [0.5, 0.6) is 11.5 Å². The van der Waals surface area contributed by atoms with Crippen LogP contribution in [0, 0.1) is 21.7 Å². The predicted molar refractivity (Wildman–Crippen MR) is 115 cm³/mol. The lowest BCUT2D eigenvalue weighted by Gasteiger charge is -2.26. The normalized spacial score (nSPS) is 15.1. The number of anilines is 1. The molecule has 1 aliphatic rings. The lowest BCUT2D eigenvalue weighted by molar-refractivity contribution is -0.122. The molecule has 1 aliphatic heterocycles. The molecular formula is C21H14FIN2O5. The highest BCUT2D eigenvalue weighted by Gasteiger charge is 2.38. The third-order valence-electron chi connectivity index (χ3n) is 4.06. The van der Waals surface area contributed by atoms with E-state index < -0.39 is 23.7 Å². The molecule has 0 spiro atoms. The second-order valence-electron chi connectivity index (χ2n) is 5.94. The van der Waals surface area contributed by atoms with E-state index >= 15 is 0 Å². The highest BCUT2D eigenvalue weighted by molar-refractivity contribution is 14.1. The van der Waals surface area contributed by atoms with Crippen molar-refractivity contribution in [3.05, 3.63) is 56.9 Å². The maximum absolute atomic E-state index is 14.1. The molecule has 1 heterocycles. The Balaban J connectivity index is 2.04. The molecule has 9 heteroatoms. The second kappa shape index (κ2) is 8.96. The topological polar surface area (TPSA) is 84.9 Å². The van der Waals surface area contributed by atoms with Gasteiger partial charge in [-0.15, -0.1) is 6.42 Å². The van der Waals surface area contributed by atoms with Gasteiger partial charge < -0.3 is 9.47 Å². The van der Waals surface area contributed by atoms with E-state index in [1.54, 1.807) is 12.1 Å². The summed E-state index contributed by atoms with van der Waals surface area (Å²) in [4.78, 5) is 38.0. The Morgan fingerprint density at radius 1 is 1.27 bits per heavy atom. The zero-order chi connectivity index (χ0) is 21.8. The van der Waals surface area contributed by atoms with E-state index in [0.717, 1.165) is 6.07 Å². The number of methoxy groups -OCH3 is 1. The van der Waals surface area contributed by atoms with Gasteiger partial charge in [-0.2, -0.15) is 0 Å². The Bertz CT molecular complexity index is 1120. The summed E-state index contributed by atoms with van der Waals surface area (Å²) in [5.74, 6) is 0.502. The van der Waals surface area contributed by atoms with Crippen molar-refractivity contribution in [1.82, 2.24) is 5.32 Å². The smallest absolute Gasteiger partial charge is 0.336 e. The first-order chi connectivity index (χ1) is 14.4. The molecule has 0 unspecified atom stereocenters. The molecule has 152 valence electrons. The van der Waals surface area contributed by atoms with Crippen LogP contribution in [0.1, 0.15) is 5.56 Å². The quantitative estimate of drug-likeness (QED) is 0.284. The molecule has 0 aromatic heterocycles. The third kappa shape index (κ3) is 4.13. The van der Waals surface area contributed by atoms with Crippen LogP contribution in [0.25, 0.3) is 6.08 Å². The van der Waals surface area contributed by atoms with E-state index in [2.05, 4.69) is 11.2 Å². The van der Waals surface area contributed by atoms with Gasteiger partial charge in [-0.05, 0) is 58.5 Å². The summed E-state index contributed by atoms with van der Waals surface area (Å²) in [6, 6.07) is 7.43. The molecule has 1 N–H and O–H groups in total. The van der Waals surface area contributed by atoms with Crippen molar-refractivity contribution in [2.45, 2.75) is 0 Å². The number of nitrogens with one attached hydrogen (secondary N) is 1. The molecule has 0 aliphatic carbocycles. The van der Waals surface area contributed by atoms with Crippen LogP contribution >= 0.6 is 22.6 Å². The number of carbonyl (C=O) groups excluding carboxylic acids is 3. The summed E-state index contributed by atoms with van der Waals surface area (Å²) in [5.41, 5.74) is -0.165. The van der Waals surface area contributed by atoms with E-state index in [-0.39, 0.29) is 17.9 Å². The summed E-state index contributed by atoms with van der Waals surface area (Å²) in [6.07, 6.45) is 6.50. The summed E-state index contributed by atoms with van der Waals surface area (Å²) in [5, 5.41) is 2.05. The molecule has 2 aromatic rings. The first-order valence-corrected chi connectivity index (χ1v) is 9.55. The fourth-order valence-corrected chi connectivity index (χ4v) is 3.53. The summed E-state index contributed by atoms with van der Waals surface area (Å²) >= 11 is 2.00. The van der Waals surface area contributed by atoms with Gasteiger partial charge in [0.15, 0.2) is 11.5 Å². The summed E-state index contributed by atoms with van der Waals surface area (Å²) < 4.78 is 25.5. The minimum atomic E-state index is -1.03. The van der Waals surface area contributed by atoms with Crippen molar-refractivity contribution in [1.29, 1.82) is 0 Å². The number of amides is 4. The molecular weight excluding hydrogens is 506 g/mol. The highest BCUT2D eigenvalue weighted by atomic mass is 127. The molecule has 3 rings (SSSR count). The number of urea groups is 1. The Morgan fingerprint density at radius 3 is 2.67 bits per heavy atom. The number of imide groups is 2. The van der Waals surface area contributed by atoms with Crippen LogP contribution in [-0.2, 0) is 9.59 Å². The van der Waals surface area contributed by atoms with E-state index in [1.807, 2.05) is 22.6 Å². The van der Waals surface area contributed by atoms with Crippen LogP contribution < -0.4 is 19.7 Å². The first kappa shape index (κ1) is 21.3. The van der Waals surface area contributed by atoms with E-state index in [9.17, 15) is 18.8 Å². The number of hydrogen-bond acceptors (Lipinski definition) is 5. The van der Waals surface area contributed by atoms with Gasteiger partial charge in [0.2, 0.25) is 0 Å². The Labute approximate surface area is 185 Å². The van der Waals surface area contributed by atoms with Crippen LogP contribution in [0.3, 0.4) is 0 Å². The number of hydrogen-bond donors (Lipinski definition) is 1. The molecule has 2 aromatic carbocycles. The number of carbonyl (C=O) groups is 3. The van der Waals surface area contributed by atoms with Crippen molar-refractivity contribution in [2.75, 3.05) is 18.6 Å². The van der Waals surface area contributed by atoms with E-state index in [4.69, 9.17) is 15.9 Å². The largest absolute Gasteiger partial charge is 0.493 e. The first-order valence-electron chi connectivity index (χ1n) is 8.47. The lowest BCUT2D eigenvalue weighted by Crippen LogP contribution is -2.54. The molecule has 1 fully saturated rings. The molecule has 0 saturated carbocycles. The molecule has 0 radical (unpaired) electrons. The van der Waals surface area contributed by atoms with Crippen molar-refractivity contribution in [2.24, 2.45) is 0 Å². The number of rotatable bonds is 5. The Morgan fingerprint density at radius 2 is 2.00 bits per heavy atom. The Hall–Kier alpha value is -3.39. The number of nitrogens with zero attached hydrogens (tertiary/aromatic N) is 1. The van der Waals surface area contributed by atoms with E-state index in [0.29, 0.717) is 25.5 Å². The average molecular weight is 520 g/mol. The number of ether oxygens (including phenoxy) is 2. The maximum atomic E-state index is 14.1. The average Bonchev–Trinajstić information content (AvgIpc) is 2.71. The highest BCUT2D eigenvalue weighted by Crippen LogP contribution is 2.35. The number of halogens is 2. The van der Waals surface area contributed by atoms with Crippen molar-refractivity contribution in [3.63, 3.8) is 0 Å². The fourth-order valence-electron chi connectivity index (χ4n) is 2.75. The minimum absolute atomic E-state index is 0.0351. The summed E-state index contributed by atoms with van der Waals surface area (Å²) in [6.45, 7) is 0.0351. The Kier molecular flexibility index (Phi) is 6.37. The fraction of sp³-hybridized carbons (Fsp3) is 0.0952. The van der Waals surface area contributed by atoms with Gasteiger partial charge in [-0.3, -0.25) is 14.9 Å². The SMILES string of the molecule is C#CCOc1c(I)cc(/C=C2/C(=O)NC(=O)N(c3ccccc3F)C2=O)cc1OC. The van der Waals surface area contributed by atoms with Gasteiger partial charge in [0, 0.05) is 0 Å². The predicted octanol–water partition coefficient (Wildman–Crippen LogP) is 3.12. The number of barbiturate groups is 1. The molecule has 30 heavy (non-hydrogen) atoms. The molecule has 0 bridgehead atoms. The second-order valence-corrected chi connectivity index (χ2v) is 7.10. The monoisotopic (exact) mass is 520 g/mol. The van der Waals surface area contributed by atoms with E-state index in [1.165, 1.54) is 31.4 Å². The maximum Gasteiger partial charge on any atom is 0.336 e. The van der Waals surface area contributed by atoms with Gasteiger partial charge in [0.25, 0.3) is 11.8 Å². The van der Waals surface area contributed by atoms with Crippen molar-refractivity contribution in [3.8, 4) is 23.8 Å². The third-order valence-corrected chi connectivity index (χ3v) is 4.86. The van der Waals surface area contributed by atoms with Crippen molar-refractivity contribution >= 4 is 52.2 Å². The van der Waals surface area contributed by atoms with Crippen molar-refractivity contribution < 1.29 is 28.2 Å². The minimum Gasteiger partial charge on any atom is -0.493 e. The van der Waals surface area contributed by atoms with Gasteiger partial charge in [0.05, 0.1) is 16.4 Å². The molecule has 4 amide bonds. The number of para-hydroxylation sites is 1. The zero-order valence-corrected chi connectivity index (χ0v) is 17.7. The van der Waals surface area contributed by atoms with Crippen LogP contribution in [0.2, 0.25) is 0 Å². The zero-order valence-electron chi connectivity index (χ0n) is 15.6. The standard InChI is InChI=1S/C21H14FIN2O5/c1-3-8-30-18-15(23)10-12(11-17(18)29-2)9-13-19(26)24-21(28)25(20(13)27)16-7-5-4-6-14(16)22/h1,4-7,9-11H,8H2,2H3,(H,24,26,28)/b13-9-. The van der Waals surface area contributed by atoms with Gasteiger partial charge in [-0.1, -0.05) is 18.1 Å². The van der Waals surface area contributed by atoms with Crippen LogP contribution in [-0.4, -0.2) is 31.6 Å². The van der Waals surface area contributed by atoms with Gasteiger partial charge in [-0.25, -0.2) is 14.1 Å². The number of terminal acetylenes is 1.